The molecule has 0 bridgehead atoms. The molecule has 0 aliphatic carbocycles. The van der Waals surface area contributed by atoms with Gasteiger partial charge in [-0.05, 0) is 25.7 Å². The van der Waals surface area contributed by atoms with Crippen LogP contribution in [0.25, 0.3) is 0 Å². The van der Waals surface area contributed by atoms with Crippen molar-refractivity contribution < 1.29 is 174 Å². The van der Waals surface area contributed by atoms with Gasteiger partial charge in [0.1, 0.15) is 78.6 Å². The molecule has 45 heteroatoms. The number of unbranched alkanes of at least 4 members (excludes halogenated alkanes) is 12. The molecule has 16 unspecified atom stereocenters. The van der Waals surface area contributed by atoms with E-state index < -0.39 is 166 Å². The fraction of sp³-hybridized carbons (Fsp3) is 0.893. The Balaban J connectivity index is 1.56. The molecule has 3 rings (SSSR count). The van der Waals surface area contributed by atoms with Gasteiger partial charge < -0.3 is 174 Å². The molecule has 120 heavy (non-hydrogen) atoms. The van der Waals surface area contributed by atoms with Gasteiger partial charge in [0.2, 0.25) is 47.3 Å². The zero-order chi connectivity index (χ0) is 88.2. The maximum absolute atomic E-state index is 14.0. The Morgan fingerprint density at radius 2 is 0.608 bits per heavy atom. The fourth-order valence-corrected chi connectivity index (χ4v) is 12.8. The van der Waals surface area contributed by atoms with Gasteiger partial charge in [-0.15, -0.1) is 0 Å². The van der Waals surface area contributed by atoms with E-state index in [-0.39, 0.29) is 197 Å². The number of nitrogens with one attached hydrogen (secondary N) is 8. The van der Waals surface area contributed by atoms with Crippen molar-refractivity contribution in [1.82, 2.24) is 42.5 Å². The van der Waals surface area contributed by atoms with Crippen molar-refractivity contribution >= 4 is 55.1 Å². The summed E-state index contributed by atoms with van der Waals surface area (Å²) in [5.74, 6) is -3.16. The largest absolute Gasteiger partial charge is 0.756 e. The molecular weight excluding hydrogens is 1620 g/mol. The van der Waals surface area contributed by atoms with Crippen molar-refractivity contribution in [3.8, 4) is 0 Å². The van der Waals surface area contributed by atoms with E-state index in [1.54, 1.807) is 0 Å². The van der Waals surface area contributed by atoms with Gasteiger partial charge in [-0.25, -0.2) is 0 Å². The molecule has 44 nitrogen and oxygen atoms in total. The van der Waals surface area contributed by atoms with Crippen LogP contribution in [0.1, 0.15) is 143 Å². The van der Waals surface area contributed by atoms with E-state index in [1.165, 1.54) is 20.8 Å². The summed E-state index contributed by atoms with van der Waals surface area (Å²) in [6, 6.07) is -3.33. The van der Waals surface area contributed by atoms with Gasteiger partial charge in [-0.3, -0.25) is 42.9 Å². The van der Waals surface area contributed by atoms with E-state index in [9.17, 15) is 93.8 Å². The first-order valence-electron chi connectivity index (χ1n) is 41.4. The molecule has 3 aliphatic heterocycles. The monoisotopic (exact) mass is 1760 g/mol. The molecule has 18 N–H and O–H groups in total. The smallest absolute Gasteiger partial charge is 0.265 e. The fourth-order valence-electron chi connectivity index (χ4n) is 12.5. The molecule has 0 aromatic heterocycles. The molecule has 3 aliphatic rings. The van der Waals surface area contributed by atoms with Crippen molar-refractivity contribution in [2.75, 3.05) is 191 Å². The molecular formula is C75H138N8O36P-. The summed E-state index contributed by atoms with van der Waals surface area (Å²) >= 11 is 0. The van der Waals surface area contributed by atoms with E-state index in [0.717, 1.165) is 57.8 Å². The molecule has 3 heterocycles. The van der Waals surface area contributed by atoms with Gasteiger partial charge in [0.25, 0.3) is 7.82 Å². The van der Waals surface area contributed by atoms with Crippen molar-refractivity contribution in [2.24, 2.45) is 0 Å². The number of hydrogen-bond acceptors (Lipinski definition) is 35. The van der Waals surface area contributed by atoms with Crippen LogP contribution < -0.4 is 47.4 Å². The maximum atomic E-state index is 14.0. The molecule has 0 saturated carbocycles. The second-order valence-electron chi connectivity index (χ2n) is 29.0. The van der Waals surface area contributed by atoms with Gasteiger partial charge in [-0.2, -0.15) is 0 Å². The summed E-state index contributed by atoms with van der Waals surface area (Å²) in [5, 5.41) is 113. The predicted molar refractivity (Wildman–Crippen MR) is 418 cm³/mol. The number of phosphoric acid groups is 1. The second kappa shape index (κ2) is 66.4. The highest BCUT2D eigenvalue weighted by molar-refractivity contribution is 7.44. The van der Waals surface area contributed by atoms with E-state index in [1.807, 2.05) is 0 Å². The molecule has 0 radical (unpaired) electrons. The lowest BCUT2D eigenvalue weighted by Crippen LogP contribution is -2.64. The third kappa shape index (κ3) is 50.2. The van der Waals surface area contributed by atoms with Gasteiger partial charge in [-0.1, -0.05) is 64.2 Å². The Morgan fingerprint density at radius 1 is 0.333 bits per heavy atom. The molecule has 0 spiro atoms. The average Bonchev–Trinajstić information content (AvgIpc) is 0.817. The Labute approximate surface area is 701 Å². The normalized spacial score (nSPS) is 24.0. The number of carbonyl (C=O) groups excluding carboxylic acids is 8. The van der Waals surface area contributed by atoms with Crippen LogP contribution in [0, 0.1) is 0 Å². The van der Waals surface area contributed by atoms with Crippen LogP contribution in [0.15, 0.2) is 0 Å². The number of aliphatic hydroxyl groups is 9. The van der Waals surface area contributed by atoms with Crippen LogP contribution in [0.4, 0.5) is 0 Å². The van der Waals surface area contributed by atoms with E-state index >= 15 is 0 Å². The van der Waals surface area contributed by atoms with Gasteiger partial charge in [0.05, 0.1) is 165 Å². The third-order valence-electron chi connectivity index (χ3n) is 18.8. The lowest BCUT2D eigenvalue weighted by Gasteiger charge is -2.42. The minimum absolute atomic E-state index is 0.0208. The Kier molecular flexibility index (Phi) is 60.3. The topological polar surface area (TPSA) is 623 Å². The van der Waals surface area contributed by atoms with Gasteiger partial charge >= 0.3 is 0 Å². The minimum atomic E-state index is -4.67. The highest BCUT2D eigenvalue weighted by Gasteiger charge is 2.48. The molecule has 700 valence electrons. The maximum Gasteiger partial charge on any atom is 0.265 e. The molecule has 0 aromatic carbocycles. The van der Waals surface area contributed by atoms with Crippen molar-refractivity contribution in [1.29, 1.82) is 0 Å². The summed E-state index contributed by atoms with van der Waals surface area (Å²) in [7, 11) is -4.67. The average molecular weight is 1760 g/mol. The number of phosphoric ester groups is 1. The summed E-state index contributed by atoms with van der Waals surface area (Å²) in [6.45, 7) is 2.70. The molecule has 3 fully saturated rings. The zero-order valence-corrected chi connectivity index (χ0v) is 70.5. The first-order valence-corrected chi connectivity index (χ1v) is 42.9. The Morgan fingerprint density at radius 3 is 0.925 bits per heavy atom. The third-order valence-corrected chi connectivity index (χ3v) is 19.3. The van der Waals surface area contributed by atoms with E-state index in [2.05, 4.69) is 47.1 Å². The van der Waals surface area contributed by atoms with Crippen LogP contribution in [0.2, 0.25) is 0 Å². The number of ether oxygens (including phenoxy) is 15. The van der Waals surface area contributed by atoms with Gasteiger partial charge in [0.15, 0.2) is 18.9 Å². The zero-order valence-electron chi connectivity index (χ0n) is 69.6. The minimum Gasteiger partial charge on any atom is -0.756 e. The summed E-state index contributed by atoms with van der Waals surface area (Å²) < 4.78 is 100. The quantitative estimate of drug-likeness (QED) is 0.0199. The Hall–Kier alpha value is -5.09. The highest BCUT2D eigenvalue weighted by Crippen LogP contribution is 2.31. The van der Waals surface area contributed by atoms with Crippen LogP contribution >= 0.6 is 7.82 Å². The predicted octanol–water partition coefficient (Wildman–Crippen LogP) is -5.77. The van der Waals surface area contributed by atoms with E-state index in [0.29, 0.717) is 45.1 Å². The van der Waals surface area contributed by atoms with Gasteiger partial charge in [0, 0.05) is 79.1 Å². The standard InChI is InChI=1S/C75H139N8O36P/c1-52(87)80-63-69(98)66(95)55(46-84)117-72(63)113-43-40-107-37-34-104-31-24-77-59(91)20-28-110-49-75(83-62(94)19-15-11-10-14-18-58(90)76-23-16-12-8-6-4-5-7-9-13-17-27-116-120(101,102)103,50-111-29-21-60(92)78-25-32-105-35-38-108-41-44-114-73-64(81-53(2)88)70(99)67(96)56(47-85)118-73)51-112-30-22-61(93)79-26-33-106-36-39-109-42-45-115-74-65(82-54(3)89)71(100)68(97)57(48-86)119-74/h55-57,63-74,84-86,95-100H,4-51H2,1-3H3,(H,76,90)(H,77,91)(H,78,92)(H,79,93)(H,80,87)(H,81,88)(H,82,89)(H,83,94)(H2,101,102,103)/p-1. The van der Waals surface area contributed by atoms with Crippen LogP contribution in [-0.2, 0) is 118 Å². The number of aliphatic hydroxyl groups excluding tert-OH is 9. The molecule has 0 aromatic rings. The molecule has 8 amide bonds. The first kappa shape index (κ1) is 109. The van der Waals surface area contributed by atoms with Crippen molar-refractivity contribution in [3.05, 3.63) is 0 Å². The van der Waals surface area contributed by atoms with Crippen molar-refractivity contribution in [2.45, 2.75) is 240 Å². The number of carbonyl (C=O) groups is 8. The van der Waals surface area contributed by atoms with Crippen LogP contribution in [0.3, 0.4) is 0 Å². The highest BCUT2D eigenvalue weighted by atomic mass is 31.2. The Bertz CT molecular complexity index is 2600. The number of hydrogen-bond donors (Lipinski definition) is 18. The number of rotatable bonds is 73. The molecule has 3 saturated heterocycles. The van der Waals surface area contributed by atoms with Crippen molar-refractivity contribution in [3.63, 3.8) is 0 Å². The lowest BCUT2D eigenvalue weighted by molar-refractivity contribution is -0.272. The first-order chi connectivity index (χ1) is 57.6. The van der Waals surface area contributed by atoms with E-state index in [4.69, 9.17) is 75.9 Å². The summed E-state index contributed by atoms with van der Waals surface area (Å²) in [6.07, 6.45) is -4.05. The van der Waals surface area contributed by atoms with Crippen LogP contribution in [0.5, 0.6) is 0 Å². The lowest BCUT2D eigenvalue weighted by atomic mass is 9.97. The number of amides is 8. The van der Waals surface area contributed by atoms with Crippen LogP contribution in [-0.4, -0.2) is 387 Å². The summed E-state index contributed by atoms with van der Waals surface area (Å²) in [4.78, 5) is 120. The molecule has 16 atom stereocenters. The second-order valence-corrected chi connectivity index (χ2v) is 30.2. The SMILES string of the molecule is CC(=O)NC1C(OCCOCCOCCNC(=O)CCOCC(COCCC(=O)NCCOCCOCCOC2OC(CO)C(O)C(O)C2NC(C)=O)(COCCC(=O)NCCOCCOCCOC2OC(CO)C(O)C(O)C2NC(C)=O)NC(=O)CCCCCCC(=O)NCCCCCCCCCCCCOP(=O)([O-])O)OC(CO)C(O)C1O. The summed E-state index contributed by atoms with van der Waals surface area (Å²) in [5.41, 5.74) is -1.45.